The first-order valence-electron chi connectivity index (χ1n) is 5.16. The van der Waals surface area contributed by atoms with Crippen molar-refractivity contribution >= 4 is 6.21 Å². The van der Waals surface area contributed by atoms with Crippen LogP contribution in [-0.2, 0) is 0 Å². The maximum atomic E-state index is 4.50. The van der Waals surface area contributed by atoms with E-state index >= 15 is 0 Å². The summed E-state index contributed by atoms with van der Waals surface area (Å²) in [6.45, 7) is 8.21. The molecule has 0 bridgehead atoms. The third kappa shape index (κ3) is 2.83. The lowest BCUT2D eigenvalue weighted by atomic mass is 9.92. The molecular weight excluding hydrogens is 158 g/mol. The van der Waals surface area contributed by atoms with Crippen LogP contribution in [-0.4, -0.2) is 6.21 Å². The van der Waals surface area contributed by atoms with Gasteiger partial charge in [-0.1, -0.05) is 19.1 Å². The van der Waals surface area contributed by atoms with Crippen molar-refractivity contribution in [3.63, 3.8) is 0 Å². The number of hydrogen-bond donors (Lipinski definition) is 0. The summed E-state index contributed by atoms with van der Waals surface area (Å²) in [6, 6.07) is 0. The van der Waals surface area contributed by atoms with Crippen molar-refractivity contribution in [1.29, 1.82) is 0 Å². The fourth-order valence-corrected chi connectivity index (χ4v) is 1.69. The number of aliphatic imine (C=N–C) groups is 1. The van der Waals surface area contributed by atoms with Gasteiger partial charge in [-0.25, -0.2) is 0 Å². The molecule has 1 nitrogen and oxygen atoms in total. The van der Waals surface area contributed by atoms with E-state index in [1.807, 2.05) is 6.21 Å². The Hall–Kier alpha value is -0.850. The van der Waals surface area contributed by atoms with Crippen LogP contribution in [0.3, 0.4) is 0 Å². The first kappa shape index (κ1) is 10.2. The van der Waals surface area contributed by atoms with E-state index in [1.165, 1.54) is 36.1 Å². The molecule has 0 amide bonds. The van der Waals surface area contributed by atoms with Crippen molar-refractivity contribution in [2.75, 3.05) is 0 Å². The minimum Gasteiger partial charge on any atom is -0.265 e. The second-order valence-corrected chi connectivity index (χ2v) is 3.63. The van der Waals surface area contributed by atoms with Gasteiger partial charge in [-0.2, -0.15) is 0 Å². The van der Waals surface area contributed by atoms with Crippen molar-refractivity contribution in [1.82, 2.24) is 0 Å². The Morgan fingerprint density at radius 1 is 1.46 bits per heavy atom. The van der Waals surface area contributed by atoms with Crippen LogP contribution in [0.2, 0.25) is 0 Å². The molecule has 1 aliphatic rings. The number of allylic oxidation sites excluding steroid dienone is 3. The normalized spacial score (nSPS) is 18.3. The molecule has 0 spiro atoms. The van der Waals surface area contributed by atoms with Gasteiger partial charge in [-0.3, -0.25) is 4.99 Å². The smallest absolute Gasteiger partial charge is 0.0434 e. The van der Waals surface area contributed by atoms with E-state index in [2.05, 4.69) is 25.4 Å². The van der Waals surface area contributed by atoms with Gasteiger partial charge in [0.15, 0.2) is 0 Å². The average Bonchev–Trinajstić information content (AvgIpc) is 2.15. The molecule has 0 unspecified atom stereocenters. The summed E-state index contributed by atoms with van der Waals surface area (Å²) >= 11 is 0. The van der Waals surface area contributed by atoms with Gasteiger partial charge in [-0.05, 0) is 44.6 Å². The molecule has 0 saturated heterocycles. The number of hydrogen-bond acceptors (Lipinski definition) is 1. The quantitative estimate of drug-likeness (QED) is 0.580. The summed E-state index contributed by atoms with van der Waals surface area (Å²) in [7, 11) is 0. The van der Waals surface area contributed by atoms with Crippen LogP contribution in [0.25, 0.3) is 0 Å². The predicted molar refractivity (Wildman–Crippen MR) is 59.1 cm³/mol. The van der Waals surface area contributed by atoms with Crippen LogP contribution in [0.4, 0.5) is 0 Å². The highest BCUT2D eigenvalue weighted by Gasteiger charge is 2.11. The molecule has 0 atom stereocenters. The van der Waals surface area contributed by atoms with Crippen LogP contribution in [0, 0.1) is 0 Å². The Bertz CT molecular complexity index is 246. The van der Waals surface area contributed by atoms with Gasteiger partial charge in [0.1, 0.15) is 0 Å². The number of rotatable bonds is 3. The highest BCUT2D eigenvalue weighted by molar-refractivity contribution is 5.59. The van der Waals surface area contributed by atoms with E-state index in [1.54, 1.807) is 0 Å². The second-order valence-electron chi connectivity index (χ2n) is 3.63. The van der Waals surface area contributed by atoms with E-state index in [0.717, 1.165) is 12.8 Å². The molecule has 0 aromatic heterocycles. The zero-order valence-corrected chi connectivity index (χ0v) is 8.77. The molecule has 0 fully saturated rings. The molecule has 72 valence electrons. The Morgan fingerprint density at radius 3 is 2.77 bits per heavy atom. The Balaban J connectivity index is 2.83. The van der Waals surface area contributed by atoms with Crippen LogP contribution in [0.1, 0.15) is 46.0 Å². The fourth-order valence-electron chi connectivity index (χ4n) is 1.69. The molecule has 0 heterocycles. The summed E-state index contributed by atoms with van der Waals surface area (Å²) in [5, 5.41) is 0. The third-order valence-electron chi connectivity index (χ3n) is 2.38. The van der Waals surface area contributed by atoms with Crippen molar-refractivity contribution in [2.45, 2.75) is 46.0 Å². The van der Waals surface area contributed by atoms with Crippen LogP contribution < -0.4 is 0 Å². The SMILES string of the molecule is C=C(C)C1=C(N=CCC)CCCC1. The summed E-state index contributed by atoms with van der Waals surface area (Å²) in [5.74, 6) is 0. The summed E-state index contributed by atoms with van der Waals surface area (Å²) < 4.78 is 0. The van der Waals surface area contributed by atoms with Crippen LogP contribution in [0.15, 0.2) is 28.4 Å². The molecule has 1 rings (SSSR count). The van der Waals surface area contributed by atoms with E-state index in [-0.39, 0.29) is 0 Å². The van der Waals surface area contributed by atoms with Gasteiger partial charge in [0, 0.05) is 11.9 Å². The zero-order chi connectivity index (χ0) is 9.68. The van der Waals surface area contributed by atoms with Gasteiger partial charge in [0.25, 0.3) is 0 Å². The van der Waals surface area contributed by atoms with Crippen molar-refractivity contribution in [3.8, 4) is 0 Å². The first-order chi connectivity index (χ1) is 6.25. The van der Waals surface area contributed by atoms with E-state index in [9.17, 15) is 0 Å². The minimum absolute atomic E-state index is 1.02. The summed E-state index contributed by atoms with van der Waals surface area (Å²) in [5.41, 5.74) is 3.87. The lowest BCUT2D eigenvalue weighted by Gasteiger charge is -2.17. The lowest BCUT2D eigenvalue weighted by molar-refractivity contribution is 0.672. The van der Waals surface area contributed by atoms with Gasteiger partial charge >= 0.3 is 0 Å². The molecule has 0 aliphatic heterocycles. The molecular formula is C12H19N. The zero-order valence-electron chi connectivity index (χ0n) is 8.77. The fraction of sp³-hybridized carbons (Fsp3) is 0.583. The van der Waals surface area contributed by atoms with Gasteiger partial charge in [-0.15, -0.1) is 0 Å². The van der Waals surface area contributed by atoms with Gasteiger partial charge in [0.05, 0.1) is 0 Å². The van der Waals surface area contributed by atoms with Crippen molar-refractivity contribution in [3.05, 3.63) is 23.4 Å². The van der Waals surface area contributed by atoms with E-state index in [4.69, 9.17) is 0 Å². The van der Waals surface area contributed by atoms with Gasteiger partial charge in [0.2, 0.25) is 0 Å². The maximum absolute atomic E-state index is 4.50. The third-order valence-corrected chi connectivity index (χ3v) is 2.38. The van der Waals surface area contributed by atoms with Crippen LogP contribution >= 0.6 is 0 Å². The molecule has 13 heavy (non-hydrogen) atoms. The maximum Gasteiger partial charge on any atom is 0.0434 e. The Morgan fingerprint density at radius 2 is 2.15 bits per heavy atom. The van der Waals surface area contributed by atoms with Crippen molar-refractivity contribution in [2.24, 2.45) is 4.99 Å². The largest absolute Gasteiger partial charge is 0.265 e. The topological polar surface area (TPSA) is 12.4 Å². The predicted octanol–water partition coefficient (Wildman–Crippen LogP) is 3.87. The Labute approximate surface area is 81.3 Å². The van der Waals surface area contributed by atoms with E-state index < -0.39 is 0 Å². The number of nitrogens with zero attached hydrogens (tertiary/aromatic N) is 1. The first-order valence-corrected chi connectivity index (χ1v) is 5.16. The molecule has 1 aliphatic carbocycles. The molecule has 0 saturated carbocycles. The summed E-state index contributed by atoms with van der Waals surface area (Å²) in [4.78, 5) is 4.50. The van der Waals surface area contributed by atoms with Crippen molar-refractivity contribution < 1.29 is 0 Å². The van der Waals surface area contributed by atoms with Crippen LogP contribution in [0.5, 0.6) is 0 Å². The van der Waals surface area contributed by atoms with E-state index in [0.29, 0.717) is 0 Å². The lowest BCUT2D eigenvalue weighted by Crippen LogP contribution is -1.99. The average molecular weight is 177 g/mol. The Kier molecular flexibility index (Phi) is 3.94. The standard InChI is InChI=1S/C12H19N/c1-4-9-13-12-8-6-5-7-11(12)10(2)3/h9H,2,4-8H2,1,3H3. The molecule has 0 N–H and O–H groups in total. The molecule has 0 aromatic rings. The highest BCUT2D eigenvalue weighted by Crippen LogP contribution is 2.29. The molecule has 0 aromatic carbocycles. The minimum atomic E-state index is 1.02. The second kappa shape index (κ2) is 5.00. The molecule has 0 radical (unpaired) electrons. The highest BCUT2D eigenvalue weighted by atomic mass is 14.7. The van der Waals surface area contributed by atoms with Gasteiger partial charge < -0.3 is 0 Å². The summed E-state index contributed by atoms with van der Waals surface area (Å²) in [6.07, 6.45) is 7.92. The molecule has 1 heteroatoms. The monoisotopic (exact) mass is 177 g/mol.